The van der Waals surface area contributed by atoms with Crippen LogP contribution >= 0.6 is 0 Å². The second-order valence-electron chi connectivity index (χ2n) is 6.04. The van der Waals surface area contributed by atoms with E-state index in [9.17, 15) is 9.59 Å². The van der Waals surface area contributed by atoms with E-state index in [1.165, 1.54) is 7.11 Å². The highest BCUT2D eigenvalue weighted by Gasteiger charge is 2.33. The summed E-state index contributed by atoms with van der Waals surface area (Å²) >= 11 is 0. The molecule has 1 aromatic heterocycles. The highest BCUT2D eigenvalue weighted by Crippen LogP contribution is 2.27. The molecule has 2 atom stereocenters. The number of imidazole rings is 1. The van der Waals surface area contributed by atoms with E-state index < -0.39 is 12.0 Å². The number of amides is 2. The molecule has 1 aliphatic heterocycles. The van der Waals surface area contributed by atoms with E-state index in [4.69, 9.17) is 4.74 Å². The molecule has 0 saturated carbocycles. The van der Waals surface area contributed by atoms with Crippen LogP contribution in [-0.2, 0) is 16.1 Å². The normalized spacial score (nSPS) is 15.9. The van der Waals surface area contributed by atoms with Gasteiger partial charge in [0.15, 0.2) is 0 Å². The number of carbonyl (C=O) groups is 2. The third-order valence-corrected chi connectivity index (χ3v) is 4.62. The summed E-state index contributed by atoms with van der Waals surface area (Å²) in [6.45, 7) is 5.12. The summed E-state index contributed by atoms with van der Waals surface area (Å²) in [6, 6.07) is 6.81. The zero-order valence-electron chi connectivity index (χ0n) is 14.2. The Balaban J connectivity index is 1.83. The van der Waals surface area contributed by atoms with Gasteiger partial charge < -0.3 is 14.6 Å². The lowest BCUT2D eigenvalue weighted by molar-refractivity contribution is -0.144. The molecule has 1 N–H and O–H groups in total. The molecule has 0 fully saturated rings. The van der Waals surface area contributed by atoms with Gasteiger partial charge >= 0.3 is 12.0 Å². The van der Waals surface area contributed by atoms with E-state index in [0.717, 1.165) is 17.5 Å². The number of nitrogens with zero attached hydrogens (tertiary/aromatic N) is 3. The minimum Gasteiger partial charge on any atom is -0.467 e. The lowest BCUT2D eigenvalue weighted by Crippen LogP contribution is -2.50. The first-order valence-electron chi connectivity index (χ1n) is 8.18. The Labute approximate surface area is 140 Å². The number of rotatable bonds is 4. The van der Waals surface area contributed by atoms with Crippen molar-refractivity contribution in [3.8, 4) is 0 Å². The highest BCUT2D eigenvalue weighted by molar-refractivity contribution is 5.96. The number of hydrogen-bond acceptors (Lipinski definition) is 4. The largest absolute Gasteiger partial charge is 0.467 e. The summed E-state index contributed by atoms with van der Waals surface area (Å²) in [5, 5.41) is 2.80. The molecule has 1 unspecified atom stereocenters. The van der Waals surface area contributed by atoms with Gasteiger partial charge in [-0.1, -0.05) is 32.4 Å². The number of fused-ring (bicyclic) bond motifs is 3. The Morgan fingerprint density at radius 2 is 2.08 bits per heavy atom. The Morgan fingerprint density at radius 1 is 1.33 bits per heavy atom. The molecule has 0 radical (unpaired) electrons. The van der Waals surface area contributed by atoms with Crippen LogP contribution in [-0.4, -0.2) is 41.2 Å². The first-order chi connectivity index (χ1) is 11.6. The van der Waals surface area contributed by atoms with Crippen molar-refractivity contribution in [2.75, 3.05) is 18.6 Å². The number of aromatic nitrogens is 2. The predicted molar refractivity (Wildman–Crippen MR) is 90.9 cm³/mol. The Kier molecular flexibility index (Phi) is 4.42. The fourth-order valence-electron chi connectivity index (χ4n) is 2.99. The number of anilines is 1. The lowest BCUT2D eigenvalue weighted by Gasteiger charge is -2.24. The third-order valence-electron chi connectivity index (χ3n) is 4.62. The van der Waals surface area contributed by atoms with Crippen LogP contribution in [0.1, 0.15) is 20.3 Å². The second kappa shape index (κ2) is 6.51. The van der Waals surface area contributed by atoms with Gasteiger partial charge in [0.1, 0.15) is 6.04 Å². The number of esters is 1. The number of para-hydroxylation sites is 2. The van der Waals surface area contributed by atoms with Gasteiger partial charge in [-0.2, -0.15) is 0 Å². The van der Waals surface area contributed by atoms with Crippen molar-refractivity contribution in [3.63, 3.8) is 0 Å². The summed E-state index contributed by atoms with van der Waals surface area (Å²) in [6.07, 6.45) is 0.762. The standard InChI is InChI=1S/C17H22N4O3/c1-4-11(2)14(15(22)24-3)19-17(23)21-10-9-20-13-8-6-5-7-12(13)18-16(20)21/h5-8,11,14H,4,9-10H2,1-3H3,(H,19,23)/t11?,14-/m0/s1. The summed E-state index contributed by atoms with van der Waals surface area (Å²) < 4.78 is 6.84. The Hall–Kier alpha value is -2.57. The maximum atomic E-state index is 12.7. The number of carbonyl (C=O) groups excluding carboxylic acids is 2. The minimum absolute atomic E-state index is 0.0113. The average molecular weight is 330 g/mol. The van der Waals surface area contributed by atoms with Crippen molar-refractivity contribution >= 4 is 29.0 Å². The van der Waals surface area contributed by atoms with Gasteiger partial charge in [0.25, 0.3) is 0 Å². The van der Waals surface area contributed by atoms with E-state index in [1.807, 2.05) is 42.7 Å². The zero-order valence-corrected chi connectivity index (χ0v) is 14.2. The van der Waals surface area contributed by atoms with E-state index in [0.29, 0.717) is 19.0 Å². The molecule has 24 heavy (non-hydrogen) atoms. The fraction of sp³-hybridized carbons (Fsp3) is 0.471. The molecule has 0 bridgehead atoms. The first kappa shape index (κ1) is 16.3. The van der Waals surface area contributed by atoms with Crippen LogP contribution in [0, 0.1) is 5.92 Å². The van der Waals surface area contributed by atoms with Crippen molar-refractivity contribution in [2.45, 2.75) is 32.9 Å². The van der Waals surface area contributed by atoms with Crippen molar-refractivity contribution < 1.29 is 14.3 Å². The predicted octanol–water partition coefficient (Wildman–Crippen LogP) is 2.15. The van der Waals surface area contributed by atoms with Crippen LogP contribution < -0.4 is 10.2 Å². The van der Waals surface area contributed by atoms with Crippen molar-refractivity contribution in [2.24, 2.45) is 5.92 Å². The van der Waals surface area contributed by atoms with Gasteiger partial charge in [-0.25, -0.2) is 14.6 Å². The number of hydrogen-bond donors (Lipinski definition) is 1. The molecular weight excluding hydrogens is 308 g/mol. The van der Waals surface area contributed by atoms with Crippen LogP contribution in [0.15, 0.2) is 24.3 Å². The highest BCUT2D eigenvalue weighted by atomic mass is 16.5. The molecule has 2 aromatic rings. The number of benzene rings is 1. The van der Waals surface area contributed by atoms with Crippen LogP contribution in [0.2, 0.25) is 0 Å². The average Bonchev–Trinajstić information content (AvgIpc) is 3.17. The van der Waals surface area contributed by atoms with Gasteiger partial charge in [-0.3, -0.25) is 4.90 Å². The van der Waals surface area contributed by atoms with Crippen LogP contribution in [0.5, 0.6) is 0 Å². The van der Waals surface area contributed by atoms with Crippen molar-refractivity contribution in [3.05, 3.63) is 24.3 Å². The van der Waals surface area contributed by atoms with Gasteiger partial charge in [-0.15, -0.1) is 0 Å². The SMILES string of the molecule is CCC(C)[C@H](NC(=O)N1CCn2c1nc1ccccc12)C(=O)OC. The molecule has 7 nitrogen and oxygen atoms in total. The van der Waals surface area contributed by atoms with Crippen molar-refractivity contribution in [1.29, 1.82) is 0 Å². The van der Waals surface area contributed by atoms with Crippen LogP contribution in [0.4, 0.5) is 10.7 Å². The summed E-state index contributed by atoms with van der Waals surface area (Å²) in [5.41, 5.74) is 1.87. The van der Waals surface area contributed by atoms with Gasteiger partial charge in [0.2, 0.25) is 5.95 Å². The monoisotopic (exact) mass is 330 g/mol. The molecular formula is C17H22N4O3. The number of nitrogens with one attached hydrogen (secondary N) is 1. The fourth-order valence-corrected chi connectivity index (χ4v) is 2.99. The van der Waals surface area contributed by atoms with Gasteiger partial charge in [0, 0.05) is 13.1 Å². The second-order valence-corrected chi connectivity index (χ2v) is 6.04. The maximum absolute atomic E-state index is 12.7. The Bertz CT molecular complexity index is 770. The third kappa shape index (κ3) is 2.70. The molecule has 1 aliphatic rings. The van der Waals surface area contributed by atoms with E-state index in [2.05, 4.69) is 10.3 Å². The van der Waals surface area contributed by atoms with Crippen LogP contribution in [0.25, 0.3) is 11.0 Å². The molecule has 0 spiro atoms. The summed E-state index contributed by atoms with van der Waals surface area (Å²) in [7, 11) is 1.33. The molecule has 3 rings (SSSR count). The maximum Gasteiger partial charge on any atom is 0.328 e. The Morgan fingerprint density at radius 3 is 2.79 bits per heavy atom. The molecule has 2 heterocycles. The zero-order chi connectivity index (χ0) is 17.3. The number of methoxy groups -OCH3 is 1. The minimum atomic E-state index is -0.661. The molecule has 2 amide bonds. The lowest BCUT2D eigenvalue weighted by atomic mass is 9.99. The molecule has 7 heteroatoms. The molecule has 1 aromatic carbocycles. The molecule has 0 saturated heterocycles. The van der Waals surface area contributed by atoms with E-state index in [-0.39, 0.29) is 11.9 Å². The molecule has 128 valence electrons. The number of ether oxygens (including phenoxy) is 1. The number of urea groups is 1. The first-order valence-corrected chi connectivity index (χ1v) is 8.18. The summed E-state index contributed by atoms with van der Waals surface area (Å²) in [4.78, 5) is 30.8. The van der Waals surface area contributed by atoms with Gasteiger partial charge in [-0.05, 0) is 18.1 Å². The van der Waals surface area contributed by atoms with Crippen molar-refractivity contribution in [1.82, 2.24) is 14.9 Å². The van der Waals surface area contributed by atoms with Gasteiger partial charge in [0.05, 0.1) is 18.1 Å². The molecule has 0 aliphatic carbocycles. The van der Waals surface area contributed by atoms with Crippen LogP contribution in [0.3, 0.4) is 0 Å². The topological polar surface area (TPSA) is 76.5 Å². The van der Waals surface area contributed by atoms with E-state index >= 15 is 0 Å². The smallest absolute Gasteiger partial charge is 0.328 e. The quantitative estimate of drug-likeness (QED) is 0.872. The summed E-state index contributed by atoms with van der Waals surface area (Å²) in [5.74, 6) is 0.176. The van der Waals surface area contributed by atoms with E-state index in [1.54, 1.807) is 4.90 Å².